The number of anilines is 2. The molecule has 1 amide bonds. The van der Waals surface area contributed by atoms with Crippen molar-refractivity contribution in [2.24, 2.45) is 5.92 Å². The summed E-state index contributed by atoms with van der Waals surface area (Å²) in [6.07, 6.45) is 2.18. The zero-order chi connectivity index (χ0) is 12.5. The van der Waals surface area contributed by atoms with E-state index in [0.717, 1.165) is 50.4 Å². The molecule has 18 heavy (non-hydrogen) atoms. The van der Waals surface area contributed by atoms with Gasteiger partial charge in [0.2, 0.25) is 5.91 Å². The molecule has 0 radical (unpaired) electrons. The summed E-state index contributed by atoms with van der Waals surface area (Å²) in [5.74, 6) is 0.700. The standard InChI is InChI=1S/C14H19N3O/c15-12-2-1-3-13(10-12)16-6-8-17(9-7-16)14(18)11-4-5-11/h1-3,10-11H,4-9,15H2. The molecule has 4 nitrogen and oxygen atoms in total. The highest BCUT2D eigenvalue weighted by atomic mass is 16.2. The third kappa shape index (κ3) is 2.28. The molecule has 1 heterocycles. The van der Waals surface area contributed by atoms with Crippen molar-refractivity contribution < 1.29 is 4.79 Å². The second-order valence-electron chi connectivity index (χ2n) is 5.18. The van der Waals surface area contributed by atoms with Gasteiger partial charge in [0.1, 0.15) is 0 Å². The van der Waals surface area contributed by atoms with Crippen LogP contribution in [-0.2, 0) is 4.79 Å². The van der Waals surface area contributed by atoms with Gasteiger partial charge in [0, 0.05) is 43.5 Å². The van der Waals surface area contributed by atoms with Gasteiger partial charge in [-0.3, -0.25) is 4.79 Å². The molecule has 2 fully saturated rings. The van der Waals surface area contributed by atoms with Gasteiger partial charge in [-0.25, -0.2) is 0 Å². The van der Waals surface area contributed by atoms with Gasteiger partial charge in [0.25, 0.3) is 0 Å². The fourth-order valence-electron chi connectivity index (χ4n) is 2.50. The quantitative estimate of drug-likeness (QED) is 0.800. The van der Waals surface area contributed by atoms with Crippen LogP contribution in [0.3, 0.4) is 0 Å². The van der Waals surface area contributed by atoms with E-state index in [1.54, 1.807) is 0 Å². The van der Waals surface area contributed by atoms with E-state index in [-0.39, 0.29) is 0 Å². The Hall–Kier alpha value is -1.71. The first kappa shape index (κ1) is 11.4. The average Bonchev–Trinajstić information content (AvgIpc) is 3.22. The molecule has 0 unspecified atom stereocenters. The second kappa shape index (κ2) is 4.52. The molecule has 1 aliphatic heterocycles. The molecule has 0 atom stereocenters. The minimum atomic E-state index is 0.337. The molecule has 1 saturated carbocycles. The van der Waals surface area contributed by atoms with Crippen molar-refractivity contribution >= 4 is 17.3 Å². The molecular formula is C14H19N3O. The van der Waals surface area contributed by atoms with Crippen LogP contribution >= 0.6 is 0 Å². The highest BCUT2D eigenvalue weighted by Gasteiger charge is 2.34. The highest BCUT2D eigenvalue weighted by molar-refractivity contribution is 5.81. The molecule has 1 aromatic carbocycles. The Morgan fingerprint density at radius 1 is 1.17 bits per heavy atom. The van der Waals surface area contributed by atoms with E-state index < -0.39 is 0 Å². The van der Waals surface area contributed by atoms with Crippen LogP contribution < -0.4 is 10.6 Å². The maximum absolute atomic E-state index is 11.9. The summed E-state index contributed by atoms with van der Waals surface area (Å²) in [5.41, 5.74) is 7.75. The maximum Gasteiger partial charge on any atom is 0.225 e. The van der Waals surface area contributed by atoms with Crippen molar-refractivity contribution in [3.63, 3.8) is 0 Å². The number of hydrogen-bond acceptors (Lipinski definition) is 3. The van der Waals surface area contributed by atoms with E-state index in [2.05, 4.69) is 11.0 Å². The summed E-state index contributed by atoms with van der Waals surface area (Å²) >= 11 is 0. The molecule has 2 N–H and O–H groups in total. The number of amides is 1. The van der Waals surface area contributed by atoms with Gasteiger partial charge in [-0.2, -0.15) is 0 Å². The number of nitrogens with zero attached hydrogens (tertiary/aromatic N) is 2. The zero-order valence-electron chi connectivity index (χ0n) is 10.5. The highest BCUT2D eigenvalue weighted by Crippen LogP contribution is 2.31. The molecule has 1 saturated heterocycles. The molecule has 2 aliphatic rings. The Morgan fingerprint density at radius 2 is 1.89 bits per heavy atom. The van der Waals surface area contributed by atoms with Gasteiger partial charge in [-0.1, -0.05) is 6.07 Å². The van der Waals surface area contributed by atoms with Gasteiger partial charge in [0.05, 0.1) is 0 Å². The molecular weight excluding hydrogens is 226 g/mol. The molecule has 1 aliphatic carbocycles. The van der Waals surface area contributed by atoms with Gasteiger partial charge in [0.15, 0.2) is 0 Å². The number of carbonyl (C=O) groups is 1. The zero-order valence-corrected chi connectivity index (χ0v) is 10.5. The number of piperazine rings is 1. The van der Waals surface area contributed by atoms with E-state index in [1.165, 1.54) is 0 Å². The SMILES string of the molecule is Nc1cccc(N2CCN(C(=O)C3CC3)CC2)c1. The predicted molar refractivity (Wildman–Crippen MR) is 72.4 cm³/mol. The van der Waals surface area contributed by atoms with Crippen LogP contribution in [0.25, 0.3) is 0 Å². The van der Waals surface area contributed by atoms with Crippen molar-refractivity contribution in [1.82, 2.24) is 4.90 Å². The lowest BCUT2D eigenvalue weighted by molar-refractivity contribution is -0.132. The summed E-state index contributed by atoms with van der Waals surface area (Å²) in [4.78, 5) is 16.3. The van der Waals surface area contributed by atoms with Crippen LogP contribution in [0.5, 0.6) is 0 Å². The Kier molecular flexibility index (Phi) is 2.86. The smallest absolute Gasteiger partial charge is 0.225 e. The minimum absolute atomic E-state index is 0.337. The Bertz CT molecular complexity index is 448. The topological polar surface area (TPSA) is 49.6 Å². The van der Waals surface area contributed by atoms with Crippen molar-refractivity contribution in [3.8, 4) is 0 Å². The summed E-state index contributed by atoms with van der Waals surface area (Å²) in [6.45, 7) is 3.48. The lowest BCUT2D eigenvalue weighted by Gasteiger charge is -2.36. The van der Waals surface area contributed by atoms with Crippen LogP contribution in [0.4, 0.5) is 11.4 Å². The fraction of sp³-hybridized carbons (Fsp3) is 0.500. The second-order valence-corrected chi connectivity index (χ2v) is 5.18. The van der Waals surface area contributed by atoms with Crippen molar-refractivity contribution in [2.45, 2.75) is 12.8 Å². The first-order valence-corrected chi connectivity index (χ1v) is 6.63. The number of nitrogen functional groups attached to an aromatic ring is 1. The number of carbonyl (C=O) groups excluding carboxylic acids is 1. The monoisotopic (exact) mass is 245 g/mol. The number of benzene rings is 1. The van der Waals surface area contributed by atoms with E-state index >= 15 is 0 Å². The fourth-order valence-corrected chi connectivity index (χ4v) is 2.50. The molecule has 0 aromatic heterocycles. The van der Waals surface area contributed by atoms with E-state index in [4.69, 9.17) is 5.73 Å². The van der Waals surface area contributed by atoms with E-state index in [0.29, 0.717) is 11.8 Å². The van der Waals surface area contributed by atoms with E-state index in [1.807, 2.05) is 23.1 Å². The van der Waals surface area contributed by atoms with E-state index in [9.17, 15) is 4.79 Å². The largest absolute Gasteiger partial charge is 0.399 e. The Labute approximate surface area is 107 Å². The summed E-state index contributed by atoms with van der Waals surface area (Å²) in [6, 6.07) is 7.95. The molecule has 3 rings (SSSR count). The first-order valence-electron chi connectivity index (χ1n) is 6.63. The normalized spacial score (nSPS) is 20.0. The van der Waals surface area contributed by atoms with Gasteiger partial charge in [-0.05, 0) is 31.0 Å². The van der Waals surface area contributed by atoms with Crippen molar-refractivity contribution in [2.75, 3.05) is 36.8 Å². The third-order valence-corrected chi connectivity index (χ3v) is 3.75. The average molecular weight is 245 g/mol. The minimum Gasteiger partial charge on any atom is -0.399 e. The van der Waals surface area contributed by atoms with Crippen LogP contribution in [0.1, 0.15) is 12.8 Å². The summed E-state index contributed by atoms with van der Waals surface area (Å²) in [5, 5.41) is 0. The Balaban J connectivity index is 1.61. The van der Waals surface area contributed by atoms with Crippen LogP contribution in [0, 0.1) is 5.92 Å². The molecule has 4 heteroatoms. The van der Waals surface area contributed by atoms with Crippen LogP contribution in [-0.4, -0.2) is 37.0 Å². The Morgan fingerprint density at radius 3 is 2.50 bits per heavy atom. The van der Waals surface area contributed by atoms with Crippen LogP contribution in [0.2, 0.25) is 0 Å². The molecule has 96 valence electrons. The molecule has 0 bridgehead atoms. The summed E-state index contributed by atoms with van der Waals surface area (Å²) < 4.78 is 0. The van der Waals surface area contributed by atoms with Crippen molar-refractivity contribution in [1.29, 1.82) is 0 Å². The lowest BCUT2D eigenvalue weighted by atomic mass is 10.2. The summed E-state index contributed by atoms with van der Waals surface area (Å²) in [7, 11) is 0. The van der Waals surface area contributed by atoms with Crippen molar-refractivity contribution in [3.05, 3.63) is 24.3 Å². The van der Waals surface area contributed by atoms with Gasteiger partial charge < -0.3 is 15.5 Å². The molecule has 1 aromatic rings. The predicted octanol–water partition coefficient (Wildman–Crippen LogP) is 1.33. The molecule has 0 spiro atoms. The number of hydrogen-bond donors (Lipinski definition) is 1. The van der Waals surface area contributed by atoms with Crippen LogP contribution in [0.15, 0.2) is 24.3 Å². The van der Waals surface area contributed by atoms with Gasteiger partial charge >= 0.3 is 0 Å². The van der Waals surface area contributed by atoms with Gasteiger partial charge in [-0.15, -0.1) is 0 Å². The number of rotatable bonds is 2. The first-order chi connectivity index (χ1) is 8.74. The maximum atomic E-state index is 11.9. The lowest BCUT2D eigenvalue weighted by Crippen LogP contribution is -2.49. The third-order valence-electron chi connectivity index (χ3n) is 3.75. The number of nitrogens with two attached hydrogens (primary N) is 1.